The molecule has 0 aromatic rings. The summed E-state index contributed by atoms with van der Waals surface area (Å²) in [6, 6.07) is 0. The molecular weight excluding hydrogens is 325 g/mol. The van der Waals surface area contributed by atoms with Gasteiger partial charge < -0.3 is 4.90 Å². The lowest BCUT2D eigenvalue weighted by Gasteiger charge is -2.18. The number of ketones is 3. The Labute approximate surface area is 140 Å². The van der Waals surface area contributed by atoms with Crippen molar-refractivity contribution in [3.63, 3.8) is 0 Å². The third kappa shape index (κ3) is 4.08. The first kappa shape index (κ1) is 18.7. The van der Waals surface area contributed by atoms with Crippen molar-refractivity contribution in [1.29, 1.82) is 0 Å². The molecule has 0 N–H and O–H groups in total. The summed E-state index contributed by atoms with van der Waals surface area (Å²) in [4.78, 5) is 37.9. The van der Waals surface area contributed by atoms with Gasteiger partial charge in [0, 0.05) is 18.7 Å². The maximum absolute atomic E-state index is 12.0. The molecule has 0 saturated heterocycles. The van der Waals surface area contributed by atoms with Gasteiger partial charge in [-0.1, -0.05) is 37.0 Å². The van der Waals surface area contributed by atoms with Gasteiger partial charge in [0.1, 0.15) is 10.1 Å². The van der Waals surface area contributed by atoms with Gasteiger partial charge in [0.05, 0.1) is 5.57 Å². The van der Waals surface area contributed by atoms with E-state index in [1.807, 2.05) is 18.7 Å². The van der Waals surface area contributed by atoms with Crippen molar-refractivity contribution in [2.24, 2.45) is 0 Å². The quantitative estimate of drug-likeness (QED) is 0.525. The minimum Gasteiger partial charge on any atom is -0.377 e. The highest BCUT2D eigenvalue weighted by Crippen LogP contribution is 2.32. The van der Waals surface area contributed by atoms with Crippen LogP contribution in [-0.4, -0.2) is 35.3 Å². The number of carbonyl (C=O) groups is 3. The second-order valence-corrected chi connectivity index (χ2v) is 5.74. The number of Topliss-reactive ketones (excluding diaryl/α,β-unsaturated/α-hetero) is 3. The Hall–Kier alpha value is -1.39. The SMILES string of the molecule is CCCN(/C=C/C(C(C)=O)=C1C(=O)C(Cl)=C(Cl)C1=O)CCC. The molecule has 0 fully saturated rings. The maximum Gasteiger partial charge on any atom is 0.210 e. The van der Waals surface area contributed by atoms with E-state index in [0.29, 0.717) is 0 Å². The van der Waals surface area contributed by atoms with Crippen molar-refractivity contribution in [3.05, 3.63) is 33.5 Å². The number of rotatable bonds is 7. The summed E-state index contributed by atoms with van der Waals surface area (Å²) in [5, 5.41) is -0.652. The van der Waals surface area contributed by atoms with Gasteiger partial charge in [-0.25, -0.2) is 0 Å². The normalized spacial score (nSPS) is 15.2. The zero-order valence-electron chi connectivity index (χ0n) is 12.9. The van der Waals surface area contributed by atoms with Crippen LogP contribution in [0.25, 0.3) is 0 Å². The summed E-state index contributed by atoms with van der Waals surface area (Å²) in [5.74, 6) is -1.76. The Balaban J connectivity index is 3.21. The average Bonchev–Trinajstić information content (AvgIpc) is 2.65. The molecule has 0 atom stereocenters. The minimum absolute atomic E-state index is 0.0426. The Morgan fingerprint density at radius 1 is 1.05 bits per heavy atom. The first-order valence-corrected chi connectivity index (χ1v) is 7.92. The van der Waals surface area contributed by atoms with Crippen molar-refractivity contribution in [2.75, 3.05) is 13.1 Å². The molecule has 0 aromatic heterocycles. The topological polar surface area (TPSA) is 54.5 Å². The van der Waals surface area contributed by atoms with Crippen LogP contribution in [0.15, 0.2) is 33.5 Å². The van der Waals surface area contributed by atoms with E-state index in [1.54, 1.807) is 6.20 Å². The van der Waals surface area contributed by atoms with E-state index in [2.05, 4.69) is 0 Å². The van der Waals surface area contributed by atoms with Gasteiger partial charge in [-0.05, 0) is 32.0 Å². The largest absolute Gasteiger partial charge is 0.377 e. The van der Waals surface area contributed by atoms with Gasteiger partial charge >= 0.3 is 0 Å². The molecule has 0 heterocycles. The van der Waals surface area contributed by atoms with Crippen molar-refractivity contribution >= 4 is 40.6 Å². The van der Waals surface area contributed by atoms with Crippen molar-refractivity contribution in [1.82, 2.24) is 4.90 Å². The molecule has 120 valence electrons. The Morgan fingerprint density at radius 2 is 1.50 bits per heavy atom. The van der Waals surface area contributed by atoms with Gasteiger partial charge in [-0.3, -0.25) is 14.4 Å². The van der Waals surface area contributed by atoms with Gasteiger partial charge in [0.25, 0.3) is 0 Å². The molecular formula is C16H19Cl2NO3. The second-order valence-electron chi connectivity index (χ2n) is 4.98. The average molecular weight is 344 g/mol. The molecule has 6 heteroatoms. The standard InChI is InChI=1S/C16H19Cl2NO3/c1-4-7-19(8-5-2)9-6-11(10(3)20)12-15(21)13(17)14(18)16(12)22/h6,9H,4-5,7-8H2,1-3H3/b9-6+. The smallest absolute Gasteiger partial charge is 0.210 e. The van der Waals surface area contributed by atoms with Gasteiger partial charge in [0.2, 0.25) is 11.6 Å². The van der Waals surface area contributed by atoms with Crippen LogP contribution in [0, 0.1) is 0 Å². The van der Waals surface area contributed by atoms with Gasteiger partial charge in [-0.15, -0.1) is 0 Å². The number of carbonyl (C=O) groups excluding carboxylic acids is 3. The van der Waals surface area contributed by atoms with E-state index >= 15 is 0 Å². The van der Waals surface area contributed by atoms with Crippen LogP contribution in [0.3, 0.4) is 0 Å². The molecule has 0 unspecified atom stereocenters. The highest BCUT2D eigenvalue weighted by atomic mass is 35.5. The highest BCUT2D eigenvalue weighted by Gasteiger charge is 2.37. The van der Waals surface area contributed by atoms with E-state index in [1.165, 1.54) is 13.0 Å². The number of hydrogen-bond donors (Lipinski definition) is 0. The fraction of sp³-hybridized carbons (Fsp3) is 0.438. The lowest BCUT2D eigenvalue weighted by molar-refractivity contribution is -0.118. The zero-order chi connectivity index (χ0) is 16.9. The van der Waals surface area contributed by atoms with Crippen molar-refractivity contribution in [2.45, 2.75) is 33.6 Å². The van der Waals surface area contributed by atoms with E-state index in [9.17, 15) is 14.4 Å². The third-order valence-electron chi connectivity index (χ3n) is 3.17. The lowest BCUT2D eigenvalue weighted by atomic mass is 10.0. The first-order valence-electron chi connectivity index (χ1n) is 7.17. The molecule has 1 aliphatic rings. The number of halogens is 2. The molecule has 0 radical (unpaired) electrons. The van der Waals surface area contributed by atoms with E-state index in [0.717, 1.165) is 25.9 Å². The molecule has 4 nitrogen and oxygen atoms in total. The number of allylic oxidation sites excluding steroid dienone is 5. The Morgan fingerprint density at radius 3 is 1.86 bits per heavy atom. The molecule has 0 aromatic carbocycles. The van der Waals surface area contributed by atoms with Crippen LogP contribution in [0.2, 0.25) is 0 Å². The summed E-state index contributed by atoms with van der Waals surface area (Å²) in [6.45, 7) is 7.05. The molecule has 0 spiro atoms. The molecule has 1 rings (SSSR count). The van der Waals surface area contributed by atoms with Crippen LogP contribution in [0.5, 0.6) is 0 Å². The van der Waals surface area contributed by atoms with Crippen molar-refractivity contribution in [3.8, 4) is 0 Å². The number of hydrogen-bond acceptors (Lipinski definition) is 4. The molecule has 0 aliphatic heterocycles. The zero-order valence-corrected chi connectivity index (χ0v) is 14.4. The van der Waals surface area contributed by atoms with Gasteiger partial charge in [0.15, 0.2) is 5.78 Å². The molecule has 1 aliphatic carbocycles. The Bertz CT molecular complexity index is 556. The van der Waals surface area contributed by atoms with Crippen LogP contribution >= 0.6 is 23.2 Å². The summed E-state index contributed by atoms with van der Waals surface area (Å²) in [6.07, 6.45) is 5.14. The summed E-state index contributed by atoms with van der Waals surface area (Å²) < 4.78 is 0. The molecule has 22 heavy (non-hydrogen) atoms. The van der Waals surface area contributed by atoms with E-state index in [4.69, 9.17) is 23.2 Å². The van der Waals surface area contributed by atoms with Gasteiger partial charge in [-0.2, -0.15) is 0 Å². The monoisotopic (exact) mass is 343 g/mol. The van der Waals surface area contributed by atoms with Crippen LogP contribution < -0.4 is 0 Å². The minimum atomic E-state index is -0.691. The summed E-state index contributed by atoms with van der Waals surface area (Å²) in [7, 11) is 0. The fourth-order valence-electron chi connectivity index (χ4n) is 2.16. The molecule has 0 bridgehead atoms. The van der Waals surface area contributed by atoms with Crippen LogP contribution in [0.1, 0.15) is 33.6 Å². The lowest BCUT2D eigenvalue weighted by Crippen LogP contribution is -2.19. The number of nitrogens with zero attached hydrogens (tertiary/aromatic N) is 1. The first-order chi connectivity index (χ1) is 10.3. The highest BCUT2D eigenvalue weighted by molar-refractivity contribution is 6.65. The predicted octanol–water partition coefficient (Wildman–Crippen LogP) is 3.35. The Kier molecular flexibility index (Phi) is 7.04. The van der Waals surface area contributed by atoms with Crippen LogP contribution in [0.4, 0.5) is 0 Å². The predicted molar refractivity (Wildman–Crippen MR) is 87.7 cm³/mol. The summed E-state index contributed by atoms with van der Waals surface area (Å²) >= 11 is 11.4. The third-order valence-corrected chi connectivity index (χ3v) is 3.99. The maximum atomic E-state index is 12.0. The van der Waals surface area contributed by atoms with Crippen LogP contribution in [-0.2, 0) is 14.4 Å². The second kappa shape index (κ2) is 8.30. The fourth-order valence-corrected chi connectivity index (χ4v) is 2.52. The molecule has 0 amide bonds. The van der Waals surface area contributed by atoms with E-state index in [-0.39, 0.29) is 27.0 Å². The van der Waals surface area contributed by atoms with Crippen molar-refractivity contribution < 1.29 is 14.4 Å². The summed E-state index contributed by atoms with van der Waals surface area (Å²) in [5.41, 5.74) is -0.201. The molecule has 0 saturated carbocycles. The van der Waals surface area contributed by atoms with E-state index < -0.39 is 11.6 Å².